The molecular formula is C25H40NO5PS. The molecule has 2 rings (SSSR count). The molecule has 1 amide bonds. The van der Waals surface area contributed by atoms with Crippen LogP contribution in [0.15, 0.2) is 6.07 Å². The highest BCUT2D eigenvalue weighted by Gasteiger charge is 2.23. The van der Waals surface area contributed by atoms with E-state index in [1.807, 2.05) is 20.8 Å². The van der Waals surface area contributed by atoms with Crippen molar-refractivity contribution in [2.24, 2.45) is 11.3 Å². The molecule has 1 unspecified atom stereocenters. The third-order valence-corrected chi connectivity index (χ3v) is 8.04. The summed E-state index contributed by atoms with van der Waals surface area (Å²) in [5, 5.41) is 9.40. The Morgan fingerprint density at radius 2 is 1.91 bits per heavy atom. The van der Waals surface area contributed by atoms with Gasteiger partial charge in [0.05, 0.1) is 17.2 Å². The molecule has 1 atom stereocenters. The van der Waals surface area contributed by atoms with Crippen LogP contribution in [0.1, 0.15) is 87.7 Å². The first-order valence-electron chi connectivity index (χ1n) is 11.7. The van der Waals surface area contributed by atoms with E-state index in [1.165, 1.54) is 50.1 Å². The molecule has 1 fully saturated rings. The summed E-state index contributed by atoms with van der Waals surface area (Å²) in [5.41, 5.74) is 0.0479. The summed E-state index contributed by atoms with van der Waals surface area (Å²) in [6.07, 6.45) is 9.62. The predicted molar refractivity (Wildman–Crippen MR) is 138 cm³/mol. The summed E-state index contributed by atoms with van der Waals surface area (Å²) in [5.74, 6) is 5.90. The number of carboxylic acids is 1. The van der Waals surface area contributed by atoms with Crippen LogP contribution < -0.4 is 4.90 Å². The van der Waals surface area contributed by atoms with E-state index in [2.05, 4.69) is 18.8 Å². The Hall–Kier alpha value is -1.61. The SMILES string of the molecule is CC1CCCCCC1.CCOP(C)(=O)CCN(C=O)c1cc(C#CC(C)(C)C)sc1C(=O)O. The molecule has 0 spiro atoms. The van der Waals surface area contributed by atoms with Crippen molar-refractivity contribution in [3.63, 3.8) is 0 Å². The first-order chi connectivity index (χ1) is 15.4. The maximum Gasteiger partial charge on any atom is 0.348 e. The lowest BCUT2D eigenvalue weighted by Crippen LogP contribution is -2.26. The first-order valence-corrected chi connectivity index (χ1v) is 14.8. The fourth-order valence-corrected chi connectivity index (χ4v) is 5.51. The molecule has 1 heterocycles. The number of hydrogen-bond donors (Lipinski definition) is 1. The zero-order chi connectivity index (χ0) is 25.1. The Bertz CT molecular complexity index is 870. The lowest BCUT2D eigenvalue weighted by molar-refractivity contribution is -0.107. The van der Waals surface area contributed by atoms with Gasteiger partial charge in [-0.05, 0) is 39.7 Å². The van der Waals surface area contributed by atoms with Crippen LogP contribution in [0, 0.1) is 23.2 Å². The number of carboxylic acid groups (broad SMARTS) is 1. The lowest BCUT2D eigenvalue weighted by Gasteiger charge is -2.19. The molecule has 1 saturated carbocycles. The van der Waals surface area contributed by atoms with Crippen LogP contribution in [0.2, 0.25) is 0 Å². The second kappa shape index (κ2) is 13.9. The highest BCUT2D eigenvalue weighted by atomic mass is 32.1. The van der Waals surface area contributed by atoms with Crippen LogP contribution in [0.5, 0.6) is 0 Å². The van der Waals surface area contributed by atoms with Crippen molar-refractivity contribution in [2.45, 2.75) is 73.1 Å². The molecule has 0 aromatic carbocycles. The number of carbonyl (C=O) groups excluding carboxylic acids is 1. The second-order valence-electron chi connectivity index (χ2n) is 9.68. The first kappa shape index (κ1) is 29.4. The largest absolute Gasteiger partial charge is 0.477 e. The van der Waals surface area contributed by atoms with Gasteiger partial charge in [0.15, 0.2) is 0 Å². The molecule has 1 aromatic heterocycles. The van der Waals surface area contributed by atoms with Crippen molar-refractivity contribution in [1.82, 2.24) is 0 Å². The van der Waals surface area contributed by atoms with E-state index in [1.54, 1.807) is 13.0 Å². The Labute approximate surface area is 203 Å². The van der Waals surface area contributed by atoms with Crippen molar-refractivity contribution in [2.75, 3.05) is 30.9 Å². The Kier molecular flexibility index (Phi) is 12.4. The topological polar surface area (TPSA) is 83.9 Å². The van der Waals surface area contributed by atoms with Gasteiger partial charge in [0, 0.05) is 24.8 Å². The van der Waals surface area contributed by atoms with Crippen molar-refractivity contribution in [1.29, 1.82) is 0 Å². The molecule has 33 heavy (non-hydrogen) atoms. The second-order valence-corrected chi connectivity index (χ2v) is 13.5. The Morgan fingerprint density at radius 3 is 2.39 bits per heavy atom. The van der Waals surface area contributed by atoms with Crippen LogP contribution in [0.25, 0.3) is 0 Å². The monoisotopic (exact) mass is 497 g/mol. The zero-order valence-electron chi connectivity index (χ0n) is 21.0. The minimum Gasteiger partial charge on any atom is -0.477 e. The minimum absolute atomic E-state index is 0.0349. The van der Waals surface area contributed by atoms with Gasteiger partial charge >= 0.3 is 5.97 Å². The molecule has 0 aliphatic heterocycles. The molecule has 1 aliphatic carbocycles. The normalized spacial score (nSPS) is 16.3. The van der Waals surface area contributed by atoms with Gasteiger partial charge in [-0.3, -0.25) is 9.36 Å². The Morgan fingerprint density at radius 1 is 1.30 bits per heavy atom. The van der Waals surface area contributed by atoms with Gasteiger partial charge < -0.3 is 14.5 Å². The van der Waals surface area contributed by atoms with E-state index in [0.717, 1.165) is 17.3 Å². The predicted octanol–water partition coefficient (Wildman–Crippen LogP) is 6.73. The smallest absolute Gasteiger partial charge is 0.348 e. The number of carbonyl (C=O) groups is 2. The summed E-state index contributed by atoms with van der Waals surface area (Å²) >= 11 is 1.02. The fourth-order valence-electron chi connectivity index (χ4n) is 3.40. The summed E-state index contributed by atoms with van der Waals surface area (Å²) < 4.78 is 17.4. The van der Waals surface area contributed by atoms with Gasteiger partial charge in [0.25, 0.3) is 0 Å². The number of amides is 1. The highest BCUT2D eigenvalue weighted by molar-refractivity contribution is 7.58. The molecule has 1 aliphatic rings. The van der Waals surface area contributed by atoms with E-state index in [0.29, 0.717) is 17.9 Å². The maximum absolute atomic E-state index is 12.2. The number of rotatable bonds is 8. The summed E-state index contributed by atoms with van der Waals surface area (Å²) in [6.45, 7) is 11.9. The molecule has 8 heteroatoms. The van der Waals surface area contributed by atoms with Gasteiger partial charge in [0.2, 0.25) is 13.8 Å². The van der Waals surface area contributed by atoms with Crippen LogP contribution in [-0.2, 0) is 13.9 Å². The zero-order valence-corrected chi connectivity index (χ0v) is 22.7. The van der Waals surface area contributed by atoms with E-state index < -0.39 is 13.3 Å². The molecular weight excluding hydrogens is 457 g/mol. The van der Waals surface area contributed by atoms with Gasteiger partial charge in [-0.15, -0.1) is 11.3 Å². The van der Waals surface area contributed by atoms with Gasteiger partial charge in [-0.25, -0.2) is 4.79 Å². The molecule has 186 valence electrons. The van der Waals surface area contributed by atoms with Gasteiger partial charge in [-0.1, -0.05) is 57.3 Å². The number of nitrogens with zero attached hydrogens (tertiary/aromatic N) is 1. The van der Waals surface area contributed by atoms with Crippen LogP contribution in [-0.4, -0.2) is 43.5 Å². The van der Waals surface area contributed by atoms with Crippen molar-refractivity contribution < 1.29 is 23.8 Å². The summed E-state index contributed by atoms with van der Waals surface area (Å²) in [4.78, 5) is 24.8. The Balaban J connectivity index is 0.000000568. The fraction of sp³-hybridized carbons (Fsp3) is 0.680. The third-order valence-electron chi connectivity index (χ3n) is 5.20. The minimum atomic E-state index is -2.82. The van der Waals surface area contributed by atoms with E-state index in [-0.39, 0.29) is 28.7 Å². The van der Waals surface area contributed by atoms with Crippen LogP contribution >= 0.6 is 18.7 Å². The van der Waals surface area contributed by atoms with E-state index in [9.17, 15) is 19.3 Å². The average Bonchev–Trinajstić information content (AvgIpc) is 2.99. The number of aromatic carboxylic acids is 1. The lowest BCUT2D eigenvalue weighted by atomic mass is 9.98. The highest BCUT2D eigenvalue weighted by Crippen LogP contribution is 2.42. The molecule has 1 N–H and O–H groups in total. The quantitative estimate of drug-likeness (QED) is 0.186. The van der Waals surface area contributed by atoms with Crippen molar-refractivity contribution >= 4 is 36.8 Å². The van der Waals surface area contributed by atoms with Crippen LogP contribution in [0.4, 0.5) is 5.69 Å². The van der Waals surface area contributed by atoms with Gasteiger partial charge in [0.1, 0.15) is 4.88 Å². The molecule has 0 bridgehead atoms. The molecule has 0 saturated heterocycles. The van der Waals surface area contributed by atoms with E-state index in [4.69, 9.17) is 4.52 Å². The summed E-state index contributed by atoms with van der Waals surface area (Å²) in [7, 11) is -2.82. The standard InChI is InChI=1S/C17H24NO5PS.C8H16/c1-6-23-24(5,22)10-9-18(12-19)14-11-13(7-8-17(2,3)4)25-15(14)16(20)21;1-8-6-4-2-3-5-7-8/h11-12H,6,9-10H2,1-5H3,(H,20,21);8H,2-7H2,1H3. The molecule has 0 radical (unpaired) electrons. The molecule has 6 nitrogen and oxygen atoms in total. The average molecular weight is 498 g/mol. The molecule has 1 aromatic rings. The number of anilines is 1. The number of hydrogen-bond acceptors (Lipinski definition) is 5. The van der Waals surface area contributed by atoms with Crippen molar-refractivity contribution in [3.05, 3.63) is 15.8 Å². The van der Waals surface area contributed by atoms with E-state index >= 15 is 0 Å². The van der Waals surface area contributed by atoms with Gasteiger partial charge in [-0.2, -0.15) is 0 Å². The van der Waals surface area contributed by atoms with Crippen LogP contribution in [0.3, 0.4) is 0 Å². The third kappa shape index (κ3) is 11.9. The summed E-state index contributed by atoms with van der Waals surface area (Å²) in [6, 6.07) is 1.59. The number of thiophene rings is 1. The maximum atomic E-state index is 12.2. The van der Waals surface area contributed by atoms with Crippen molar-refractivity contribution in [3.8, 4) is 11.8 Å².